The number of carbonyl (C=O) groups is 1. The van der Waals surface area contributed by atoms with Crippen molar-refractivity contribution in [2.75, 3.05) is 0 Å². The van der Waals surface area contributed by atoms with Gasteiger partial charge in [0.25, 0.3) is 0 Å². The summed E-state index contributed by atoms with van der Waals surface area (Å²) in [6.07, 6.45) is 4.52. The molecule has 0 atom stereocenters. The van der Waals surface area contributed by atoms with Gasteiger partial charge in [-0.3, -0.25) is 4.79 Å². The van der Waals surface area contributed by atoms with Gasteiger partial charge in [-0.15, -0.1) is 0 Å². The first-order valence-electron chi connectivity index (χ1n) is 7.03. The molecule has 4 heteroatoms. The van der Waals surface area contributed by atoms with Crippen molar-refractivity contribution in [2.45, 2.75) is 19.4 Å². The van der Waals surface area contributed by atoms with Crippen molar-refractivity contribution >= 4 is 16.7 Å². The molecule has 1 amide bonds. The topological polar surface area (TPSA) is 57.8 Å². The molecule has 2 N–H and O–H groups in total. The lowest BCUT2D eigenvalue weighted by atomic mass is 10.0. The van der Waals surface area contributed by atoms with Crippen LogP contribution in [0.25, 0.3) is 10.8 Å². The quantitative estimate of drug-likeness (QED) is 0.754. The first-order chi connectivity index (χ1) is 10.3. The summed E-state index contributed by atoms with van der Waals surface area (Å²) in [5.74, 6) is 0.0533. The van der Waals surface area contributed by atoms with Gasteiger partial charge < -0.3 is 10.3 Å². The Hall–Kier alpha value is -2.62. The molecule has 0 aliphatic rings. The smallest absolute Gasteiger partial charge is 0.220 e. The molecule has 0 fully saturated rings. The van der Waals surface area contributed by atoms with Gasteiger partial charge in [-0.1, -0.05) is 42.5 Å². The standard InChI is InChI=1S/C17H17N3O/c21-17(9-8-15-11-18-12-20-15)19-10-14-6-3-5-13-4-1-2-7-16(13)14/h1-7,11-12H,8-10H2,(H,18,20)(H,19,21). The molecule has 21 heavy (non-hydrogen) atoms. The molecule has 1 heterocycles. The van der Waals surface area contributed by atoms with Crippen molar-refractivity contribution < 1.29 is 4.79 Å². The third-order valence-electron chi connectivity index (χ3n) is 3.53. The summed E-state index contributed by atoms with van der Waals surface area (Å²) in [5.41, 5.74) is 2.12. The van der Waals surface area contributed by atoms with Crippen LogP contribution in [0.3, 0.4) is 0 Å². The van der Waals surface area contributed by atoms with E-state index < -0.39 is 0 Å². The molecule has 4 nitrogen and oxygen atoms in total. The average molecular weight is 279 g/mol. The Morgan fingerprint density at radius 3 is 2.86 bits per heavy atom. The van der Waals surface area contributed by atoms with Crippen LogP contribution in [0.1, 0.15) is 17.7 Å². The highest BCUT2D eigenvalue weighted by atomic mass is 16.1. The molecular formula is C17H17N3O. The molecule has 3 aromatic rings. The van der Waals surface area contributed by atoms with Crippen LogP contribution in [0.15, 0.2) is 55.0 Å². The van der Waals surface area contributed by atoms with Gasteiger partial charge >= 0.3 is 0 Å². The maximum atomic E-state index is 11.9. The fraction of sp³-hybridized carbons (Fsp3) is 0.176. The summed E-state index contributed by atoms with van der Waals surface area (Å²) in [7, 11) is 0. The van der Waals surface area contributed by atoms with Gasteiger partial charge in [0.2, 0.25) is 5.91 Å². The van der Waals surface area contributed by atoms with E-state index >= 15 is 0 Å². The Morgan fingerprint density at radius 2 is 2.00 bits per heavy atom. The number of hydrogen-bond donors (Lipinski definition) is 2. The zero-order valence-electron chi connectivity index (χ0n) is 11.7. The van der Waals surface area contributed by atoms with E-state index in [4.69, 9.17) is 0 Å². The van der Waals surface area contributed by atoms with Crippen LogP contribution in [0.2, 0.25) is 0 Å². The molecule has 0 saturated heterocycles. The summed E-state index contributed by atoms with van der Waals surface area (Å²) in [6, 6.07) is 14.4. The molecule has 0 bridgehead atoms. The summed E-state index contributed by atoms with van der Waals surface area (Å²) >= 11 is 0. The van der Waals surface area contributed by atoms with Crippen molar-refractivity contribution in [1.82, 2.24) is 15.3 Å². The molecule has 2 aromatic carbocycles. The Balaban J connectivity index is 1.60. The lowest BCUT2D eigenvalue weighted by Crippen LogP contribution is -2.23. The molecule has 0 unspecified atom stereocenters. The third kappa shape index (κ3) is 3.28. The van der Waals surface area contributed by atoms with Crippen molar-refractivity contribution in [3.05, 3.63) is 66.2 Å². The zero-order valence-corrected chi connectivity index (χ0v) is 11.7. The van der Waals surface area contributed by atoms with Gasteiger partial charge in [0.15, 0.2) is 0 Å². The second kappa shape index (κ2) is 6.22. The van der Waals surface area contributed by atoms with Gasteiger partial charge in [-0.05, 0) is 22.8 Å². The highest BCUT2D eigenvalue weighted by Gasteiger charge is 2.05. The maximum Gasteiger partial charge on any atom is 0.220 e. The van der Waals surface area contributed by atoms with Gasteiger partial charge in [0.05, 0.1) is 6.33 Å². The Bertz CT molecular complexity index is 729. The van der Waals surface area contributed by atoms with Crippen LogP contribution in [-0.2, 0) is 17.8 Å². The van der Waals surface area contributed by atoms with Gasteiger partial charge in [-0.2, -0.15) is 0 Å². The van der Waals surface area contributed by atoms with Crippen LogP contribution in [-0.4, -0.2) is 15.9 Å². The molecule has 0 saturated carbocycles. The number of benzene rings is 2. The van der Waals surface area contributed by atoms with Crippen LogP contribution in [0.5, 0.6) is 0 Å². The lowest BCUT2D eigenvalue weighted by Gasteiger charge is -2.08. The predicted molar refractivity (Wildman–Crippen MR) is 82.7 cm³/mol. The summed E-state index contributed by atoms with van der Waals surface area (Å²) in [6.45, 7) is 0.559. The van der Waals surface area contributed by atoms with E-state index in [1.165, 1.54) is 10.8 Å². The Labute approximate surface area is 123 Å². The molecular weight excluding hydrogens is 262 g/mol. The molecule has 0 aliphatic heterocycles. The molecule has 0 radical (unpaired) electrons. The number of nitrogens with zero attached hydrogens (tertiary/aromatic N) is 1. The first kappa shape index (κ1) is 13.4. The molecule has 106 valence electrons. The van der Waals surface area contributed by atoms with Gasteiger partial charge in [0.1, 0.15) is 0 Å². The largest absolute Gasteiger partial charge is 0.352 e. The SMILES string of the molecule is O=C(CCc1cnc[nH]1)NCc1cccc2ccccc12. The second-order valence-electron chi connectivity index (χ2n) is 4.99. The maximum absolute atomic E-state index is 11.9. The molecule has 3 rings (SSSR count). The predicted octanol–water partition coefficient (Wildman–Crippen LogP) is 2.81. The van der Waals surface area contributed by atoms with Crippen LogP contribution in [0.4, 0.5) is 0 Å². The molecule has 0 spiro atoms. The number of imidazole rings is 1. The van der Waals surface area contributed by atoms with E-state index in [2.05, 4.69) is 39.6 Å². The van der Waals surface area contributed by atoms with E-state index in [1.807, 2.05) is 18.2 Å². The summed E-state index contributed by atoms with van der Waals surface area (Å²) in [5, 5.41) is 5.37. The fourth-order valence-electron chi connectivity index (χ4n) is 2.40. The number of aryl methyl sites for hydroxylation is 1. The number of rotatable bonds is 5. The van der Waals surface area contributed by atoms with Crippen molar-refractivity contribution in [3.8, 4) is 0 Å². The number of aromatic amines is 1. The van der Waals surface area contributed by atoms with Crippen molar-refractivity contribution in [1.29, 1.82) is 0 Å². The minimum atomic E-state index is 0.0533. The molecule has 1 aromatic heterocycles. The van der Waals surface area contributed by atoms with Crippen LogP contribution in [0, 0.1) is 0 Å². The number of fused-ring (bicyclic) bond motifs is 1. The van der Waals surface area contributed by atoms with Crippen LogP contribution < -0.4 is 5.32 Å². The van der Waals surface area contributed by atoms with Gasteiger partial charge in [0, 0.05) is 24.9 Å². The minimum Gasteiger partial charge on any atom is -0.352 e. The zero-order chi connectivity index (χ0) is 14.5. The number of carbonyl (C=O) groups excluding carboxylic acids is 1. The van der Waals surface area contributed by atoms with Crippen LogP contribution >= 0.6 is 0 Å². The van der Waals surface area contributed by atoms with Gasteiger partial charge in [-0.25, -0.2) is 4.98 Å². The van der Waals surface area contributed by atoms with Crippen molar-refractivity contribution in [2.24, 2.45) is 0 Å². The Kier molecular flexibility index (Phi) is 3.96. The number of H-pyrrole nitrogens is 1. The first-order valence-corrected chi connectivity index (χ1v) is 7.03. The third-order valence-corrected chi connectivity index (χ3v) is 3.53. The van der Waals surface area contributed by atoms with E-state index in [0.717, 1.165) is 11.3 Å². The second-order valence-corrected chi connectivity index (χ2v) is 4.99. The highest BCUT2D eigenvalue weighted by Crippen LogP contribution is 2.18. The number of nitrogens with one attached hydrogen (secondary N) is 2. The minimum absolute atomic E-state index is 0.0533. The Morgan fingerprint density at radius 1 is 1.14 bits per heavy atom. The monoisotopic (exact) mass is 279 g/mol. The molecule has 0 aliphatic carbocycles. The normalized spacial score (nSPS) is 10.7. The summed E-state index contributed by atoms with van der Waals surface area (Å²) < 4.78 is 0. The highest BCUT2D eigenvalue weighted by molar-refractivity contribution is 5.86. The van der Waals surface area contributed by atoms with E-state index in [0.29, 0.717) is 19.4 Å². The number of amides is 1. The lowest BCUT2D eigenvalue weighted by molar-refractivity contribution is -0.121. The fourth-order valence-corrected chi connectivity index (χ4v) is 2.40. The van der Waals surface area contributed by atoms with Crippen molar-refractivity contribution in [3.63, 3.8) is 0 Å². The average Bonchev–Trinajstić information content (AvgIpc) is 3.04. The number of aromatic nitrogens is 2. The summed E-state index contributed by atoms with van der Waals surface area (Å²) in [4.78, 5) is 18.8. The number of hydrogen-bond acceptors (Lipinski definition) is 2. The van der Waals surface area contributed by atoms with E-state index in [1.54, 1.807) is 12.5 Å². The van der Waals surface area contributed by atoms with E-state index in [-0.39, 0.29) is 5.91 Å². The van der Waals surface area contributed by atoms with E-state index in [9.17, 15) is 4.79 Å².